The fraction of sp³-hybridized carbons (Fsp3) is 0.286. The van der Waals surface area contributed by atoms with Gasteiger partial charge in [0.25, 0.3) is 0 Å². The zero-order valence-corrected chi connectivity index (χ0v) is 10.8. The highest BCUT2D eigenvalue weighted by Crippen LogP contribution is 2.11. The maximum Gasteiger partial charge on any atom is 0.328 e. The molecule has 0 heterocycles. The van der Waals surface area contributed by atoms with Gasteiger partial charge in [0.05, 0.1) is 13.0 Å². The smallest absolute Gasteiger partial charge is 0.328 e. The van der Waals surface area contributed by atoms with Gasteiger partial charge >= 0.3 is 5.97 Å². The molecule has 1 aromatic rings. The number of hydrogen-bond donors (Lipinski definition) is 2. The average Bonchev–Trinajstić information content (AvgIpc) is 2.38. The van der Waals surface area contributed by atoms with Gasteiger partial charge in [0, 0.05) is 18.4 Å². The Hall–Kier alpha value is -2.14. The number of aliphatic carboxylic acids is 1. The third kappa shape index (κ3) is 6.38. The largest absolute Gasteiger partial charge is 0.478 e. The molecule has 1 aromatic carbocycles. The Labute approximate surface area is 111 Å². The quantitative estimate of drug-likeness (QED) is 0.584. The maximum absolute atomic E-state index is 11.5. The van der Waals surface area contributed by atoms with Gasteiger partial charge in [0.2, 0.25) is 5.91 Å². The van der Waals surface area contributed by atoms with Crippen LogP contribution >= 0.6 is 0 Å². The van der Waals surface area contributed by atoms with Gasteiger partial charge in [-0.05, 0) is 30.7 Å². The molecule has 0 saturated heterocycles. The van der Waals surface area contributed by atoms with Gasteiger partial charge in [-0.15, -0.1) is 0 Å². The van der Waals surface area contributed by atoms with Crippen LogP contribution < -0.4 is 5.32 Å². The number of carbonyl (C=O) groups excluding carboxylic acids is 1. The molecule has 0 aromatic heterocycles. The maximum atomic E-state index is 11.5. The average molecular weight is 263 g/mol. The fourth-order valence-corrected chi connectivity index (χ4v) is 1.38. The van der Waals surface area contributed by atoms with Gasteiger partial charge in [-0.25, -0.2) is 4.79 Å². The molecule has 0 aliphatic rings. The van der Waals surface area contributed by atoms with Gasteiger partial charge in [0.15, 0.2) is 0 Å². The van der Waals surface area contributed by atoms with Crippen LogP contribution in [0.5, 0.6) is 0 Å². The summed E-state index contributed by atoms with van der Waals surface area (Å²) in [5.41, 5.74) is 1.43. The van der Waals surface area contributed by atoms with Crippen LogP contribution in [0, 0.1) is 0 Å². The Morgan fingerprint density at radius 3 is 2.58 bits per heavy atom. The molecule has 5 heteroatoms. The minimum absolute atomic E-state index is 0.109. The van der Waals surface area contributed by atoms with Gasteiger partial charge in [-0.1, -0.05) is 12.1 Å². The first-order chi connectivity index (χ1) is 9.11. The van der Waals surface area contributed by atoms with Crippen LogP contribution in [0.3, 0.4) is 0 Å². The molecule has 0 atom stereocenters. The molecule has 0 bridgehead atoms. The van der Waals surface area contributed by atoms with Crippen molar-refractivity contribution < 1.29 is 19.4 Å². The van der Waals surface area contributed by atoms with E-state index >= 15 is 0 Å². The molecule has 0 radical (unpaired) electrons. The summed E-state index contributed by atoms with van der Waals surface area (Å²) in [4.78, 5) is 21.9. The Balaban J connectivity index is 2.47. The van der Waals surface area contributed by atoms with Crippen molar-refractivity contribution in [1.29, 1.82) is 0 Å². The number of nitrogens with one attached hydrogen (secondary N) is 1. The normalized spacial score (nSPS) is 10.6. The lowest BCUT2D eigenvalue weighted by molar-refractivity contribution is -0.131. The van der Waals surface area contributed by atoms with Crippen molar-refractivity contribution in [3.8, 4) is 0 Å². The zero-order valence-electron chi connectivity index (χ0n) is 10.8. The van der Waals surface area contributed by atoms with Crippen LogP contribution in [0.2, 0.25) is 0 Å². The first kappa shape index (κ1) is 14.9. The molecule has 0 spiro atoms. The molecule has 102 valence electrons. The molecule has 1 rings (SSSR count). The van der Waals surface area contributed by atoms with Crippen molar-refractivity contribution >= 4 is 23.6 Å². The van der Waals surface area contributed by atoms with Crippen molar-refractivity contribution in [3.05, 3.63) is 35.9 Å². The monoisotopic (exact) mass is 263 g/mol. The number of anilines is 1. The zero-order chi connectivity index (χ0) is 14.1. The van der Waals surface area contributed by atoms with E-state index in [2.05, 4.69) is 5.32 Å². The standard InChI is InChI=1S/C14H17NO4/c1-2-19-10-9-13(16)15-12-6-3-11(4-7-12)5-8-14(17)18/h3-8H,2,9-10H2,1H3,(H,15,16)(H,17,18). The van der Waals surface area contributed by atoms with Crippen LogP contribution in [0.15, 0.2) is 30.3 Å². The third-order valence-corrected chi connectivity index (χ3v) is 2.29. The van der Waals surface area contributed by atoms with Crippen molar-refractivity contribution in [1.82, 2.24) is 0 Å². The minimum atomic E-state index is -0.992. The Bertz CT molecular complexity index is 451. The summed E-state index contributed by atoms with van der Waals surface area (Å²) in [6.45, 7) is 2.88. The lowest BCUT2D eigenvalue weighted by Gasteiger charge is -2.05. The summed E-state index contributed by atoms with van der Waals surface area (Å²) in [7, 11) is 0. The molecule has 0 aliphatic carbocycles. The van der Waals surface area contributed by atoms with Gasteiger partial charge in [-0.3, -0.25) is 4.79 Å². The van der Waals surface area contributed by atoms with E-state index in [1.165, 1.54) is 6.08 Å². The highest BCUT2D eigenvalue weighted by molar-refractivity contribution is 5.91. The number of carboxylic acids is 1. The van der Waals surface area contributed by atoms with Crippen LogP contribution in [0.1, 0.15) is 18.9 Å². The lowest BCUT2D eigenvalue weighted by atomic mass is 10.2. The van der Waals surface area contributed by atoms with Crippen LogP contribution in [0.25, 0.3) is 6.08 Å². The van der Waals surface area contributed by atoms with E-state index in [1.807, 2.05) is 6.92 Å². The number of ether oxygens (including phenoxy) is 1. The van der Waals surface area contributed by atoms with Crippen LogP contribution in [-0.4, -0.2) is 30.2 Å². The molecule has 0 unspecified atom stereocenters. The van der Waals surface area contributed by atoms with E-state index in [4.69, 9.17) is 9.84 Å². The van der Waals surface area contributed by atoms with E-state index < -0.39 is 5.97 Å². The second-order valence-corrected chi connectivity index (χ2v) is 3.79. The summed E-state index contributed by atoms with van der Waals surface area (Å²) < 4.78 is 5.09. The molecule has 0 aliphatic heterocycles. The molecule has 5 nitrogen and oxygen atoms in total. The summed E-state index contributed by atoms with van der Waals surface area (Å²) >= 11 is 0. The van der Waals surface area contributed by atoms with Gasteiger partial charge < -0.3 is 15.2 Å². The van der Waals surface area contributed by atoms with E-state index in [-0.39, 0.29) is 5.91 Å². The van der Waals surface area contributed by atoms with Crippen molar-refractivity contribution in [2.24, 2.45) is 0 Å². The number of rotatable bonds is 7. The molecule has 0 fully saturated rings. The molecular weight excluding hydrogens is 246 g/mol. The van der Waals surface area contributed by atoms with E-state index in [9.17, 15) is 9.59 Å². The predicted octanol–water partition coefficient (Wildman–Crippen LogP) is 2.15. The van der Waals surface area contributed by atoms with Crippen molar-refractivity contribution in [2.45, 2.75) is 13.3 Å². The number of hydrogen-bond acceptors (Lipinski definition) is 3. The van der Waals surface area contributed by atoms with E-state index in [0.717, 1.165) is 11.6 Å². The topological polar surface area (TPSA) is 75.6 Å². The second-order valence-electron chi connectivity index (χ2n) is 3.79. The van der Waals surface area contributed by atoms with E-state index in [1.54, 1.807) is 24.3 Å². The molecule has 2 N–H and O–H groups in total. The third-order valence-electron chi connectivity index (χ3n) is 2.29. The summed E-state index contributed by atoms with van der Waals surface area (Å²) in [5, 5.41) is 11.2. The SMILES string of the molecule is CCOCCC(=O)Nc1ccc(C=CC(=O)O)cc1. The van der Waals surface area contributed by atoms with Crippen LogP contribution in [-0.2, 0) is 14.3 Å². The van der Waals surface area contributed by atoms with Crippen molar-refractivity contribution in [3.63, 3.8) is 0 Å². The van der Waals surface area contributed by atoms with Gasteiger partial charge in [-0.2, -0.15) is 0 Å². The first-order valence-corrected chi connectivity index (χ1v) is 6.00. The fourth-order valence-electron chi connectivity index (χ4n) is 1.38. The Kier molecular flexibility index (Phi) is 6.32. The number of carboxylic acid groups (broad SMARTS) is 1. The Morgan fingerprint density at radius 1 is 1.32 bits per heavy atom. The summed E-state index contributed by atoms with van der Waals surface area (Å²) in [6.07, 6.45) is 2.87. The first-order valence-electron chi connectivity index (χ1n) is 6.00. The second kappa shape index (κ2) is 8.05. The molecule has 0 saturated carbocycles. The molecular formula is C14H17NO4. The minimum Gasteiger partial charge on any atom is -0.478 e. The molecule has 19 heavy (non-hydrogen) atoms. The highest BCUT2D eigenvalue weighted by Gasteiger charge is 2.01. The summed E-state index contributed by atoms with van der Waals surface area (Å²) in [6, 6.07) is 6.91. The van der Waals surface area contributed by atoms with Crippen molar-refractivity contribution in [2.75, 3.05) is 18.5 Å². The number of amides is 1. The lowest BCUT2D eigenvalue weighted by Crippen LogP contribution is -2.14. The number of benzene rings is 1. The van der Waals surface area contributed by atoms with E-state index in [0.29, 0.717) is 25.3 Å². The van der Waals surface area contributed by atoms with Gasteiger partial charge in [0.1, 0.15) is 0 Å². The Morgan fingerprint density at radius 2 is 2.00 bits per heavy atom. The predicted molar refractivity (Wildman–Crippen MR) is 72.9 cm³/mol. The number of carbonyl (C=O) groups is 2. The van der Waals surface area contributed by atoms with Crippen LogP contribution in [0.4, 0.5) is 5.69 Å². The molecule has 1 amide bonds. The highest BCUT2D eigenvalue weighted by atomic mass is 16.5. The summed E-state index contributed by atoms with van der Waals surface area (Å²) in [5.74, 6) is -1.10.